The molecule has 0 spiro atoms. The highest BCUT2D eigenvalue weighted by atomic mass is 79.9. The van der Waals surface area contributed by atoms with Crippen LogP contribution in [0.15, 0.2) is 21.7 Å². The number of hydrogen-bond acceptors (Lipinski definition) is 7. The smallest absolute Gasteiger partial charge is 0.204 e. The van der Waals surface area contributed by atoms with Crippen molar-refractivity contribution >= 4 is 44.4 Å². The van der Waals surface area contributed by atoms with E-state index in [1.54, 1.807) is 25.3 Å². The number of methoxy groups -OCH3 is 1. The highest BCUT2D eigenvalue weighted by Gasteiger charge is 2.11. The average molecular weight is 384 g/mol. The Hall–Kier alpha value is -1.93. The van der Waals surface area contributed by atoms with Crippen LogP contribution in [-0.2, 0) is 0 Å². The predicted octanol–water partition coefficient (Wildman–Crippen LogP) is 3.58. The molecule has 2 rings (SSSR count). The number of nitrogens with zero attached hydrogens (tertiary/aromatic N) is 2. The molecular weight excluding hydrogens is 370 g/mol. The number of aryl methyl sites for hydroxylation is 1. The van der Waals surface area contributed by atoms with Crippen LogP contribution in [-0.4, -0.2) is 29.2 Å². The topological polar surface area (TPSA) is 83.8 Å². The van der Waals surface area contributed by atoms with Crippen molar-refractivity contribution < 1.29 is 14.6 Å². The molecule has 0 aliphatic heterocycles. The Labute approximate surface area is 140 Å². The number of nitrogens with one attached hydrogen (secondary N) is 1. The fourth-order valence-electron chi connectivity index (χ4n) is 1.76. The number of rotatable bonds is 5. The summed E-state index contributed by atoms with van der Waals surface area (Å²) in [6, 6.07) is 3.36. The summed E-state index contributed by atoms with van der Waals surface area (Å²) in [4.78, 5) is 16.2. The van der Waals surface area contributed by atoms with Crippen molar-refractivity contribution in [3.63, 3.8) is 0 Å². The number of anilines is 1. The molecule has 1 heterocycles. The van der Waals surface area contributed by atoms with E-state index in [1.807, 2.05) is 0 Å². The first-order valence-corrected chi connectivity index (χ1v) is 7.87. The van der Waals surface area contributed by atoms with E-state index in [0.717, 1.165) is 5.56 Å². The molecule has 2 aromatic rings. The van der Waals surface area contributed by atoms with Gasteiger partial charge >= 0.3 is 0 Å². The van der Waals surface area contributed by atoms with Gasteiger partial charge in [0.05, 0.1) is 28.4 Å². The number of hydrazone groups is 1. The summed E-state index contributed by atoms with van der Waals surface area (Å²) in [5, 5.41) is 14.4. The van der Waals surface area contributed by atoms with E-state index in [1.165, 1.54) is 25.4 Å². The van der Waals surface area contributed by atoms with Gasteiger partial charge in [-0.3, -0.25) is 10.2 Å². The average Bonchev–Trinajstić information content (AvgIpc) is 2.83. The normalized spacial score (nSPS) is 10.9. The first kappa shape index (κ1) is 16.4. The molecule has 0 saturated heterocycles. The van der Waals surface area contributed by atoms with Gasteiger partial charge in [0.2, 0.25) is 5.13 Å². The fraction of sp³-hybridized carbons (Fsp3) is 0.214. The lowest BCUT2D eigenvalue weighted by atomic mass is 10.2. The zero-order valence-corrected chi connectivity index (χ0v) is 14.6. The number of aromatic nitrogens is 1. The molecule has 0 aliphatic carbocycles. The molecule has 2 N–H and O–H groups in total. The van der Waals surface area contributed by atoms with Crippen molar-refractivity contribution in [2.24, 2.45) is 5.10 Å². The van der Waals surface area contributed by atoms with Crippen molar-refractivity contribution in [3.8, 4) is 11.5 Å². The summed E-state index contributed by atoms with van der Waals surface area (Å²) >= 11 is 4.50. The number of phenolic OH excluding ortho intramolecular Hbond substituents is 1. The summed E-state index contributed by atoms with van der Waals surface area (Å²) in [5.41, 5.74) is 4.20. The van der Waals surface area contributed by atoms with Gasteiger partial charge in [0.1, 0.15) is 0 Å². The first-order valence-electron chi connectivity index (χ1n) is 6.26. The number of Topliss-reactive ketones (excluding diaryl/α,β-unsaturated/α-hetero) is 1. The van der Waals surface area contributed by atoms with E-state index in [9.17, 15) is 9.90 Å². The Morgan fingerprint density at radius 3 is 2.86 bits per heavy atom. The van der Waals surface area contributed by atoms with Gasteiger partial charge in [-0.15, -0.1) is 0 Å². The third-order valence-corrected chi connectivity index (χ3v) is 4.53. The van der Waals surface area contributed by atoms with Gasteiger partial charge in [-0.25, -0.2) is 4.98 Å². The summed E-state index contributed by atoms with van der Waals surface area (Å²) in [6.45, 7) is 3.29. The van der Waals surface area contributed by atoms with E-state index in [4.69, 9.17) is 4.74 Å². The minimum Gasteiger partial charge on any atom is -0.503 e. The summed E-state index contributed by atoms with van der Waals surface area (Å²) in [5.74, 6) is 0.369. The molecule has 0 bridgehead atoms. The minimum absolute atomic E-state index is 0.0146. The van der Waals surface area contributed by atoms with Crippen molar-refractivity contribution in [2.45, 2.75) is 13.8 Å². The number of thiazole rings is 1. The predicted molar refractivity (Wildman–Crippen MR) is 90.4 cm³/mol. The van der Waals surface area contributed by atoms with Gasteiger partial charge in [-0.05, 0) is 40.5 Å². The summed E-state index contributed by atoms with van der Waals surface area (Å²) < 4.78 is 5.58. The highest BCUT2D eigenvalue weighted by molar-refractivity contribution is 9.10. The second-order valence-electron chi connectivity index (χ2n) is 4.41. The molecule has 116 valence electrons. The number of ether oxygens (including phenoxy) is 1. The SMILES string of the molecule is COc1cc(/C=N\Nc2nc(C)c(C(C)=O)s2)cc(Br)c1O. The molecule has 0 atom stereocenters. The number of carbonyl (C=O) groups excluding carboxylic acids is 1. The van der Waals surface area contributed by atoms with Crippen LogP contribution in [0.25, 0.3) is 0 Å². The molecule has 1 aromatic carbocycles. The zero-order chi connectivity index (χ0) is 16.3. The number of ketones is 1. The van der Waals surface area contributed by atoms with Crippen LogP contribution in [0.3, 0.4) is 0 Å². The maximum atomic E-state index is 11.4. The maximum absolute atomic E-state index is 11.4. The molecular formula is C14H14BrN3O3S. The lowest BCUT2D eigenvalue weighted by molar-refractivity contribution is 0.102. The van der Waals surface area contributed by atoms with Crippen molar-refractivity contribution in [1.29, 1.82) is 0 Å². The second-order valence-corrected chi connectivity index (χ2v) is 6.27. The van der Waals surface area contributed by atoms with Gasteiger partial charge in [0, 0.05) is 6.92 Å². The van der Waals surface area contributed by atoms with Crippen LogP contribution in [0.1, 0.15) is 27.9 Å². The Kier molecular flexibility index (Phi) is 5.15. The molecule has 6 nitrogen and oxygen atoms in total. The van der Waals surface area contributed by atoms with Gasteiger partial charge in [0.15, 0.2) is 17.3 Å². The number of aromatic hydroxyl groups is 1. The number of hydrogen-bond donors (Lipinski definition) is 2. The quantitative estimate of drug-likeness (QED) is 0.468. The number of halogens is 1. The Bertz CT molecular complexity index is 743. The van der Waals surface area contributed by atoms with Gasteiger partial charge < -0.3 is 9.84 Å². The van der Waals surface area contributed by atoms with Crippen LogP contribution >= 0.6 is 27.3 Å². The molecule has 0 fully saturated rings. The summed E-state index contributed by atoms with van der Waals surface area (Å²) in [6.07, 6.45) is 1.57. The van der Waals surface area contributed by atoms with E-state index in [2.05, 4.69) is 31.4 Å². The largest absolute Gasteiger partial charge is 0.503 e. The molecule has 0 aliphatic rings. The minimum atomic E-state index is -0.0146. The third kappa shape index (κ3) is 3.63. The monoisotopic (exact) mass is 383 g/mol. The first-order chi connectivity index (χ1) is 10.4. The lowest BCUT2D eigenvalue weighted by Gasteiger charge is -2.06. The Morgan fingerprint density at radius 1 is 1.55 bits per heavy atom. The molecule has 0 amide bonds. The fourth-order valence-corrected chi connectivity index (χ4v) is 3.03. The molecule has 0 saturated carbocycles. The van der Waals surface area contributed by atoms with Gasteiger partial charge in [-0.1, -0.05) is 11.3 Å². The number of benzene rings is 1. The van der Waals surface area contributed by atoms with Crippen LogP contribution in [0.4, 0.5) is 5.13 Å². The second kappa shape index (κ2) is 6.89. The van der Waals surface area contributed by atoms with Crippen LogP contribution in [0, 0.1) is 6.92 Å². The maximum Gasteiger partial charge on any atom is 0.204 e. The molecule has 1 aromatic heterocycles. The van der Waals surface area contributed by atoms with Crippen molar-refractivity contribution in [3.05, 3.63) is 32.7 Å². The van der Waals surface area contributed by atoms with E-state index < -0.39 is 0 Å². The van der Waals surface area contributed by atoms with Crippen LogP contribution < -0.4 is 10.2 Å². The van der Waals surface area contributed by atoms with E-state index in [-0.39, 0.29) is 11.5 Å². The molecule has 22 heavy (non-hydrogen) atoms. The van der Waals surface area contributed by atoms with Crippen LogP contribution in [0.5, 0.6) is 11.5 Å². The Morgan fingerprint density at radius 2 is 2.27 bits per heavy atom. The van der Waals surface area contributed by atoms with Gasteiger partial charge in [0.25, 0.3) is 0 Å². The van der Waals surface area contributed by atoms with E-state index >= 15 is 0 Å². The standard InChI is InChI=1S/C14H14BrN3O3S/c1-7-13(8(2)19)22-14(17-7)18-16-6-9-4-10(15)12(20)11(5-9)21-3/h4-6,20H,1-3H3,(H,17,18)/b16-6-. The van der Waals surface area contributed by atoms with Crippen molar-refractivity contribution in [1.82, 2.24) is 4.98 Å². The Balaban J connectivity index is 2.14. The number of phenols is 1. The highest BCUT2D eigenvalue weighted by Crippen LogP contribution is 2.34. The zero-order valence-electron chi connectivity index (χ0n) is 12.2. The summed E-state index contributed by atoms with van der Waals surface area (Å²) in [7, 11) is 1.47. The van der Waals surface area contributed by atoms with E-state index in [0.29, 0.717) is 25.9 Å². The van der Waals surface area contributed by atoms with Crippen LogP contribution in [0.2, 0.25) is 0 Å². The number of carbonyl (C=O) groups is 1. The molecule has 0 unspecified atom stereocenters. The molecule has 8 heteroatoms. The lowest BCUT2D eigenvalue weighted by Crippen LogP contribution is -1.92. The molecule has 0 radical (unpaired) electrons. The van der Waals surface area contributed by atoms with Crippen molar-refractivity contribution in [2.75, 3.05) is 12.5 Å². The van der Waals surface area contributed by atoms with Gasteiger partial charge in [-0.2, -0.15) is 5.10 Å². The third-order valence-electron chi connectivity index (χ3n) is 2.76.